The fourth-order valence-electron chi connectivity index (χ4n) is 2.88. The number of phenolic OH excluding ortho intramolecular Hbond substituents is 1. The highest BCUT2D eigenvalue weighted by atomic mass is 32.2. The Morgan fingerprint density at radius 3 is 2.33 bits per heavy atom. The molecule has 0 atom stereocenters. The van der Waals surface area contributed by atoms with E-state index in [1.54, 1.807) is 32.9 Å². The summed E-state index contributed by atoms with van der Waals surface area (Å²) in [5, 5.41) is 10.1. The summed E-state index contributed by atoms with van der Waals surface area (Å²) in [6, 6.07) is 7.89. The SMILES string of the molecule is CCOC(=O)c1c(O)cc(C)c(CCOS(=O)(=O)c2ccc(C)cc2)c1C. The maximum absolute atomic E-state index is 12.3. The number of benzene rings is 2. The van der Waals surface area contributed by atoms with Crippen LogP contribution in [-0.2, 0) is 25.5 Å². The Morgan fingerprint density at radius 1 is 1.11 bits per heavy atom. The van der Waals surface area contributed by atoms with E-state index in [9.17, 15) is 18.3 Å². The van der Waals surface area contributed by atoms with Crippen molar-refractivity contribution in [2.45, 2.75) is 39.0 Å². The van der Waals surface area contributed by atoms with E-state index in [-0.39, 0.29) is 35.8 Å². The largest absolute Gasteiger partial charge is 0.507 e. The van der Waals surface area contributed by atoms with E-state index in [1.165, 1.54) is 18.2 Å². The zero-order valence-electron chi connectivity index (χ0n) is 15.9. The van der Waals surface area contributed by atoms with E-state index in [0.717, 1.165) is 16.7 Å². The van der Waals surface area contributed by atoms with Gasteiger partial charge in [-0.05, 0) is 69.0 Å². The lowest BCUT2D eigenvalue weighted by atomic mass is 9.94. The van der Waals surface area contributed by atoms with Crippen molar-refractivity contribution in [3.05, 3.63) is 58.1 Å². The molecule has 0 radical (unpaired) electrons. The second kappa shape index (κ2) is 8.54. The third kappa shape index (κ3) is 4.87. The zero-order chi connectivity index (χ0) is 20.2. The summed E-state index contributed by atoms with van der Waals surface area (Å²) in [4.78, 5) is 12.2. The highest BCUT2D eigenvalue weighted by Crippen LogP contribution is 2.29. The first-order chi connectivity index (χ1) is 12.7. The highest BCUT2D eigenvalue weighted by Gasteiger charge is 2.21. The van der Waals surface area contributed by atoms with Gasteiger partial charge in [0.2, 0.25) is 0 Å². The molecule has 0 aliphatic carbocycles. The van der Waals surface area contributed by atoms with Crippen molar-refractivity contribution in [1.29, 1.82) is 0 Å². The third-order valence-electron chi connectivity index (χ3n) is 4.29. The Balaban J connectivity index is 2.19. The molecule has 0 saturated heterocycles. The molecular formula is C20H24O6S. The second-order valence-electron chi connectivity index (χ2n) is 6.25. The number of ether oxygens (including phenoxy) is 1. The van der Waals surface area contributed by atoms with Crippen LogP contribution < -0.4 is 0 Å². The molecule has 0 heterocycles. The van der Waals surface area contributed by atoms with Crippen molar-refractivity contribution >= 4 is 16.1 Å². The van der Waals surface area contributed by atoms with Gasteiger partial charge in [-0.2, -0.15) is 8.42 Å². The summed E-state index contributed by atoms with van der Waals surface area (Å²) < 4.78 is 34.7. The molecular weight excluding hydrogens is 368 g/mol. The maximum Gasteiger partial charge on any atom is 0.342 e. The molecule has 0 fully saturated rings. The topological polar surface area (TPSA) is 89.9 Å². The first-order valence-corrected chi connectivity index (χ1v) is 10.0. The minimum absolute atomic E-state index is 0.0784. The highest BCUT2D eigenvalue weighted by molar-refractivity contribution is 7.86. The average Bonchev–Trinajstić information content (AvgIpc) is 2.58. The molecule has 2 aromatic carbocycles. The summed E-state index contributed by atoms with van der Waals surface area (Å²) in [5.74, 6) is -0.762. The number of carbonyl (C=O) groups excluding carboxylic acids is 1. The van der Waals surface area contributed by atoms with Gasteiger partial charge in [0.05, 0.1) is 18.1 Å². The summed E-state index contributed by atoms with van der Waals surface area (Å²) >= 11 is 0. The van der Waals surface area contributed by atoms with Crippen LogP contribution in [-0.4, -0.2) is 32.7 Å². The van der Waals surface area contributed by atoms with Crippen molar-refractivity contribution in [1.82, 2.24) is 0 Å². The third-order valence-corrected chi connectivity index (χ3v) is 5.62. The van der Waals surface area contributed by atoms with Crippen LogP contribution in [0, 0.1) is 20.8 Å². The summed E-state index contributed by atoms with van der Waals surface area (Å²) in [6.45, 7) is 7.15. The molecule has 0 aliphatic heterocycles. The Morgan fingerprint density at radius 2 is 1.74 bits per heavy atom. The monoisotopic (exact) mass is 392 g/mol. The molecule has 2 aromatic rings. The van der Waals surface area contributed by atoms with E-state index in [2.05, 4.69) is 0 Å². The molecule has 7 heteroatoms. The lowest BCUT2D eigenvalue weighted by Gasteiger charge is -2.15. The van der Waals surface area contributed by atoms with Crippen LogP contribution in [0.1, 0.15) is 39.5 Å². The fraction of sp³-hybridized carbons (Fsp3) is 0.350. The van der Waals surface area contributed by atoms with E-state index in [4.69, 9.17) is 8.92 Å². The minimum Gasteiger partial charge on any atom is -0.507 e. The molecule has 6 nitrogen and oxygen atoms in total. The number of esters is 1. The predicted molar refractivity (Wildman–Crippen MR) is 102 cm³/mol. The van der Waals surface area contributed by atoms with Crippen LogP contribution in [0.4, 0.5) is 0 Å². The van der Waals surface area contributed by atoms with Gasteiger partial charge in [-0.25, -0.2) is 4.79 Å². The van der Waals surface area contributed by atoms with Crippen LogP contribution in [0.5, 0.6) is 5.75 Å². The standard InChI is InChI=1S/C20H24O6S/c1-5-25-20(22)19-15(4)17(14(3)12-18(19)21)10-11-26-27(23,24)16-8-6-13(2)7-9-16/h6-9,12,21H,5,10-11H2,1-4H3. The van der Waals surface area contributed by atoms with Crippen molar-refractivity contribution in [3.63, 3.8) is 0 Å². The van der Waals surface area contributed by atoms with Gasteiger partial charge in [0.1, 0.15) is 11.3 Å². The molecule has 1 N–H and O–H groups in total. The number of hydrogen-bond acceptors (Lipinski definition) is 6. The van der Waals surface area contributed by atoms with E-state index < -0.39 is 16.1 Å². The average molecular weight is 392 g/mol. The predicted octanol–water partition coefficient (Wildman–Crippen LogP) is 3.44. The smallest absolute Gasteiger partial charge is 0.342 e. The van der Waals surface area contributed by atoms with Gasteiger partial charge in [-0.1, -0.05) is 17.7 Å². The van der Waals surface area contributed by atoms with E-state index >= 15 is 0 Å². The number of rotatable bonds is 7. The van der Waals surface area contributed by atoms with Crippen molar-refractivity contribution in [2.75, 3.05) is 13.2 Å². The molecule has 0 aliphatic rings. The Kier molecular flexibility index (Phi) is 6.62. The summed E-state index contributed by atoms with van der Waals surface area (Å²) in [6.07, 6.45) is 0.273. The fourth-order valence-corrected chi connectivity index (χ4v) is 3.78. The minimum atomic E-state index is -3.86. The van der Waals surface area contributed by atoms with Crippen LogP contribution in [0.25, 0.3) is 0 Å². The van der Waals surface area contributed by atoms with Crippen LogP contribution in [0.15, 0.2) is 35.2 Å². The van der Waals surface area contributed by atoms with Crippen molar-refractivity contribution < 1.29 is 27.2 Å². The number of hydrogen-bond donors (Lipinski definition) is 1. The van der Waals surface area contributed by atoms with Crippen LogP contribution in [0.2, 0.25) is 0 Å². The van der Waals surface area contributed by atoms with Gasteiger partial charge in [0, 0.05) is 0 Å². The van der Waals surface area contributed by atoms with E-state index in [0.29, 0.717) is 5.56 Å². The van der Waals surface area contributed by atoms with Crippen LogP contribution >= 0.6 is 0 Å². The Bertz CT molecular complexity index is 930. The quantitative estimate of drug-likeness (QED) is 0.573. The van der Waals surface area contributed by atoms with Crippen molar-refractivity contribution in [3.8, 4) is 5.75 Å². The van der Waals surface area contributed by atoms with Gasteiger partial charge >= 0.3 is 5.97 Å². The lowest BCUT2D eigenvalue weighted by Crippen LogP contribution is -2.13. The molecule has 0 amide bonds. The van der Waals surface area contributed by atoms with Gasteiger partial charge in [-0.15, -0.1) is 0 Å². The number of aryl methyl sites for hydroxylation is 2. The first kappa shape index (κ1) is 20.9. The first-order valence-electron chi connectivity index (χ1n) is 8.62. The number of aromatic hydroxyl groups is 1. The molecule has 0 saturated carbocycles. The zero-order valence-corrected chi connectivity index (χ0v) is 16.7. The Labute approximate surface area is 159 Å². The summed E-state index contributed by atoms with van der Waals surface area (Å²) in [7, 11) is -3.86. The second-order valence-corrected chi connectivity index (χ2v) is 7.87. The maximum atomic E-state index is 12.3. The molecule has 0 bridgehead atoms. The molecule has 0 aromatic heterocycles. The Hall–Kier alpha value is -2.38. The molecule has 2 rings (SSSR count). The lowest BCUT2D eigenvalue weighted by molar-refractivity contribution is 0.0522. The molecule has 146 valence electrons. The van der Waals surface area contributed by atoms with Crippen LogP contribution in [0.3, 0.4) is 0 Å². The summed E-state index contributed by atoms with van der Waals surface area (Å²) in [5.41, 5.74) is 3.10. The van der Waals surface area contributed by atoms with Gasteiger partial charge in [-0.3, -0.25) is 4.18 Å². The van der Waals surface area contributed by atoms with Gasteiger partial charge in [0.15, 0.2) is 0 Å². The molecule has 0 unspecified atom stereocenters. The number of phenols is 1. The normalized spacial score (nSPS) is 11.4. The van der Waals surface area contributed by atoms with E-state index in [1.807, 2.05) is 6.92 Å². The molecule has 0 spiro atoms. The van der Waals surface area contributed by atoms with Gasteiger partial charge in [0.25, 0.3) is 10.1 Å². The van der Waals surface area contributed by atoms with Crippen molar-refractivity contribution in [2.24, 2.45) is 0 Å². The van der Waals surface area contributed by atoms with Gasteiger partial charge < -0.3 is 9.84 Å². The molecule has 27 heavy (non-hydrogen) atoms. The number of carbonyl (C=O) groups is 1.